The van der Waals surface area contributed by atoms with Gasteiger partial charge in [0.05, 0.1) is 11.5 Å². The molecule has 0 radical (unpaired) electrons. The van der Waals surface area contributed by atoms with Crippen molar-refractivity contribution in [2.45, 2.75) is 6.92 Å². The third-order valence-corrected chi connectivity index (χ3v) is 4.01. The lowest BCUT2D eigenvalue weighted by atomic mass is 10.2. The van der Waals surface area contributed by atoms with Crippen molar-refractivity contribution in [2.75, 3.05) is 18.9 Å². The summed E-state index contributed by atoms with van der Waals surface area (Å²) in [7, 11) is 1.50. The van der Waals surface area contributed by atoms with Gasteiger partial charge in [0.15, 0.2) is 0 Å². The van der Waals surface area contributed by atoms with Crippen LogP contribution in [0.2, 0.25) is 0 Å². The highest BCUT2D eigenvalue weighted by Crippen LogP contribution is 2.20. The van der Waals surface area contributed by atoms with Crippen LogP contribution in [-0.2, 0) is 4.79 Å². The van der Waals surface area contributed by atoms with E-state index in [1.54, 1.807) is 6.07 Å². The average molecular weight is 406 g/mol. The molecule has 7 nitrogen and oxygen atoms in total. The van der Waals surface area contributed by atoms with Crippen LogP contribution in [0, 0.1) is 17.0 Å². The predicted molar refractivity (Wildman–Crippen MR) is 97.6 cm³/mol. The molecule has 0 aliphatic carbocycles. The van der Waals surface area contributed by atoms with Gasteiger partial charge >= 0.3 is 0 Å². The first-order valence-corrected chi connectivity index (χ1v) is 8.13. The zero-order valence-electron chi connectivity index (χ0n) is 13.7. The minimum Gasteiger partial charge on any atom is -0.332 e. The first-order valence-electron chi connectivity index (χ1n) is 7.34. The quantitative estimate of drug-likeness (QED) is 0.609. The lowest BCUT2D eigenvalue weighted by Gasteiger charge is -2.17. The lowest BCUT2D eigenvalue weighted by molar-refractivity contribution is -0.384. The number of nitrogens with one attached hydrogen (secondary N) is 1. The molecule has 2 aromatic rings. The Morgan fingerprint density at radius 2 is 1.84 bits per heavy atom. The number of nitro groups is 1. The number of nitrogens with zero attached hydrogens (tertiary/aromatic N) is 2. The van der Waals surface area contributed by atoms with E-state index in [-0.39, 0.29) is 23.7 Å². The molecule has 0 atom stereocenters. The van der Waals surface area contributed by atoms with Crippen molar-refractivity contribution in [3.05, 3.63) is 68.2 Å². The zero-order valence-corrected chi connectivity index (χ0v) is 15.2. The van der Waals surface area contributed by atoms with Crippen molar-refractivity contribution in [3.8, 4) is 0 Å². The molecule has 0 heterocycles. The van der Waals surface area contributed by atoms with E-state index in [1.807, 2.05) is 19.1 Å². The Kier molecular flexibility index (Phi) is 5.87. The number of aryl methyl sites for hydroxylation is 1. The van der Waals surface area contributed by atoms with Gasteiger partial charge in [0, 0.05) is 34.9 Å². The van der Waals surface area contributed by atoms with E-state index < -0.39 is 10.8 Å². The topological polar surface area (TPSA) is 92.6 Å². The maximum atomic E-state index is 12.3. The highest BCUT2D eigenvalue weighted by Gasteiger charge is 2.16. The lowest BCUT2D eigenvalue weighted by Crippen LogP contribution is -2.35. The molecule has 25 heavy (non-hydrogen) atoms. The standard InChI is InChI=1S/C17H16BrN3O4/c1-11-9-13(18)5-8-15(11)19-16(22)10-20(2)17(23)12-3-6-14(7-4-12)21(24)25/h3-9H,10H2,1-2H3,(H,19,22). The summed E-state index contributed by atoms with van der Waals surface area (Å²) >= 11 is 3.35. The van der Waals surface area contributed by atoms with Crippen LogP contribution >= 0.6 is 15.9 Å². The molecule has 0 bridgehead atoms. The number of rotatable bonds is 5. The fraction of sp³-hybridized carbons (Fsp3) is 0.176. The number of halogens is 1. The molecule has 2 rings (SSSR count). The van der Waals surface area contributed by atoms with Gasteiger partial charge in [-0.05, 0) is 42.8 Å². The number of non-ortho nitro benzene ring substituents is 1. The third kappa shape index (κ3) is 4.87. The summed E-state index contributed by atoms with van der Waals surface area (Å²) in [6.07, 6.45) is 0. The van der Waals surface area contributed by atoms with Gasteiger partial charge in [-0.3, -0.25) is 19.7 Å². The molecule has 2 amide bonds. The minimum atomic E-state index is -0.536. The van der Waals surface area contributed by atoms with Crippen LogP contribution in [0.4, 0.5) is 11.4 Å². The Bertz CT molecular complexity index is 821. The van der Waals surface area contributed by atoms with Crippen molar-refractivity contribution in [1.29, 1.82) is 0 Å². The summed E-state index contributed by atoms with van der Waals surface area (Å²) in [5.41, 5.74) is 1.75. The number of anilines is 1. The molecule has 0 aromatic heterocycles. The Morgan fingerprint density at radius 3 is 2.40 bits per heavy atom. The minimum absolute atomic E-state index is 0.0948. The summed E-state index contributed by atoms with van der Waals surface area (Å²) in [6, 6.07) is 10.7. The summed E-state index contributed by atoms with van der Waals surface area (Å²) in [4.78, 5) is 35.8. The fourth-order valence-electron chi connectivity index (χ4n) is 2.19. The van der Waals surface area contributed by atoms with Crippen LogP contribution in [0.25, 0.3) is 0 Å². The second-order valence-electron chi connectivity index (χ2n) is 5.47. The number of hydrogen-bond acceptors (Lipinski definition) is 4. The normalized spacial score (nSPS) is 10.2. The number of carbonyl (C=O) groups excluding carboxylic acids is 2. The van der Waals surface area contributed by atoms with Gasteiger partial charge in [0.2, 0.25) is 5.91 Å². The average Bonchev–Trinajstić information content (AvgIpc) is 2.56. The van der Waals surface area contributed by atoms with E-state index in [0.717, 1.165) is 10.0 Å². The predicted octanol–water partition coefficient (Wildman–Crippen LogP) is 3.38. The first-order chi connectivity index (χ1) is 11.8. The highest BCUT2D eigenvalue weighted by atomic mass is 79.9. The first kappa shape index (κ1) is 18.6. The molecule has 0 fully saturated rings. The Morgan fingerprint density at radius 1 is 1.20 bits per heavy atom. The van der Waals surface area contributed by atoms with Gasteiger partial charge in [-0.15, -0.1) is 0 Å². The van der Waals surface area contributed by atoms with Crippen molar-refractivity contribution in [2.24, 2.45) is 0 Å². The monoisotopic (exact) mass is 405 g/mol. The molecule has 1 N–H and O–H groups in total. The summed E-state index contributed by atoms with van der Waals surface area (Å²) in [6.45, 7) is 1.73. The van der Waals surface area contributed by atoms with Crippen molar-refractivity contribution >= 4 is 39.1 Å². The third-order valence-electron chi connectivity index (χ3n) is 3.52. The van der Waals surface area contributed by atoms with Crippen molar-refractivity contribution in [3.63, 3.8) is 0 Å². The van der Waals surface area contributed by atoms with Gasteiger partial charge in [0.25, 0.3) is 11.6 Å². The van der Waals surface area contributed by atoms with E-state index in [1.165, 1.54) is 36.2 Å². The van der Waals surface area contributed by atoms with Crippen LogP contribution < -0.4 is 5.32 Å². The number of likely N-dealkylation sites (N-methyl/N-ethyl adjacent to an activating group) is 1. The smallest absolute Gasteiger partial charge is 0.269 e. The number of nitro benzene ring substituents is 1. The van der Waals surface area contributed by atoms with Crippen molar-refractivity contribution < 1.29 is 14.5 Å². The second-order valence-corrected chi connectivity index (χ2v) is 6.39. The van der Waals surface area contributed by atoms with Gasteiger partial charge < -0.3 is 10.2 Å². The highest BCUT2D eigenvalue weighted by molar-refractivity contribution is 9.10. The van der Waals surface area contributed by atoms with Crippen LogP contribution in [-0.4, -0.2) is 35.2 Å². The molecule has 130 valence electrons. The number of carbonyl (C=O) groups is 2. The van der Waals surface area contributed by atoms with E-state index >= 15 is 0 Å². The molecular formula is C17H16BrN3O4. The molecule has 0 aliphatic rings. The molecule has 2 aromatic carbocycles. The number of hydrogen-bond donors (Lipinski definition) is 1. The summed E-state index contributed by atoms with van der Waals surface area (Å²) in [5, 5.41) is 13.4. The van der Waals surface area contributed by atoms with E-state index in [4.69, 9.17) is 0 Å². The Hall–Kier alpha value is -2.74. The molecule has 0 saturated heterocycles. The maximum absolute atomic E-state index is 12.3. The Labute approximate surface area is 152 Å². The van der Waals surface area contributed by atoms with Gasteiger partial charge in [-0.2, -0.15) is 0 Å². The van der Waals surface area contributed by atoms with E-state index in [9.17, 15) is 19.7 Å². The summed E-state index contributed by atoms with van der Waals surface area (Å²) < 4.78 is 0.911. The molecule has 0 saturated carbocycles. The van der Waals surface area contributed by atoms with Crippen LogP contribution in [0.15, 0.2) is 46.9 Å². The number of benzene rings is 2. The van der Waals surface area contributed by atoms with E-state index in [0.29, 0.717) is 5.69 Å². The number of amides is 2. The molecule has 0 spiro atoms. The van der Waals surface area contributed by atoms with E-state index in [2.05, 4.69) is 21.2 Å². The molecule has 0 unspecified atom stereocenters. The van der Waals surface area contributed by atoms with Gasteiger partial charge in [-0.1, -0.05) is 15.9 Å². The van der Waals surface area contributed by atoms with Gasteiger partial charge in [0.1, 0.15) is 0 Å². The van der Waals surface area contributed by atoms with Crippen molar-refractivity contribution in [1.82, 2.24) is 4.90 Å². The van der Waals surface area contributed by atoms with Crippen LogP contribution in [0.5, 0.6) is 0 Å². The summed E-state index contributed by atoms with van der Waals surface area (Å²) in [5.74, 6) is -0.722. The molecular weight excluding hydrogens is 390 g/mol. The van der Waals surface area contributed by atoms with Crippen LogP contribution in [0.1, 0.15) is 15.9 Å². The maximum Gasteiger partial charge on any atom is 0.269 e. The van der Waals surface area contributed by atoms with Gasteiger partial charge in [-0.25, -0.2) is 0 Å². The largest absolute Gasteiger partial charge is 0.332 e. The fourth-order valence-corrected chi connectivity index (χ4v) is 2.67. The Balaban J connectivity index is 2.00. The second kappa shape index (κ2) is 7.89. The SMILES string of the molecule is Cc1cc(Br)ccc1NC(=O)CN(C)C(=O)c1ccc([N+](=O)[O-])cc1. The molecule has 8 heteroatoms. The molecule has 0 aliphatic heterocycles. The zero-order chi connectivity index (χ0) is 18.6. The van der Waals surface area contributed by atoms with Crippen LogP contribution in [0.3, 0.4) is 0 Å².